The zero-order chi connectivity index (χ0) is 14.3. The lowest BCUT2D eigenvalue weighted by molar-refractivity contribution is 0.100. The predicted molar refractivity (Wildman–Crippen MR) is 83.7 cm³/mol. The van der Waals surface area contributed by atoms with Gasteiger partial charge in [-0.05, 0) is 24.5 Å². The average Bonchev–Trinajstić information content (AvgIpc) is 3.03. The summed E-state index contributed by atoms with van der Waals surface area (Å²) in [6.45, 7) is 9.62. The van der Waals surface area contributed by atoms with Gasteiger partial charge in [0, 0.05) is 45.9 Å². The number of hydrogen-bond donors (Lipinski definition) is 0. The molecule has 2 aliphatic rings. The lowest BCUT2D eigenvalue weighted by Gasteiger charge is -2.35. The van der Waals surface area contributed by atoms with E-state index in [1.165, 1.54) is 26.1 Å². The summed E-state index contributed by atoms with van der Waals surface area (Å²) in [6.07, 6.45) is 1.24. The molecule has 1 aromatic rings. The van der Waals surface area contributed by atoms with Gasteiger partial charge in [0.05, 0.1) is 6.61 Å². The van der Waals surface area contributed by atoms with E-state index in [1.54, 1.807) is 0 Å². The van der Waals surface area contributed by atoms with Gasteiger partial charge in [-0.15, -0.1) is 0 Å². The van der Waals surface area contributed by atoms with E-state index in [1.807, 2.05) is 30.3 Å². The van der Waals surface area contributed by atoms with Gasteiger partial charge in [-0.2, -0.15) is 0 Å². The van der Waals surface area contributed by atoms with Crippen molar-refractivity contribution < 1.29 is 9.47 Å². The van der Waals surface area contributed by atoms with Crippen molar-refractivity contribution in [1.29, 1.82) is 0 Å². The number of para-hydroxylation sites is 1. The van der Waals surface area contributed by atoms with Crippen LogP contribution in [0.15, 0.2) is 30.3 Å². The molecule has 2 saturated heterocycles. The monoisotopic (exact) mass is 290 g/mol. The molecule has 2 heterocycles. The largest absolute Gasteiger partial charge is 0.492 e. The SMILES string of the molecule is c1ccc(OCCN2CCN(C[C@H]3CCOC3)CC2)cc1. The minimum atomic E-state index is 0.762. The highest BCUT2D eigenvalue weighted by atomic mass is 16.5. The fourth-order valence-electron chi connectivity index (χ4n) is 3.10. The fourth-order valence-corrected chi connectivity index (χ4v) is 3.10. The quantitative estimate of drug-likeness (QED) is 0.796. The smallest absolute Gasteiger partial charge is 0.119 e. The lowest BCUT2D eigenvalue weighted by Crippen LogP contribution is -2.48. The third-order valence-corrected chi connectivity index (χ3v) is 4.42. The van der Waals surface area contributed by atoms with Crippen molar-refractivity contribution >= 4 is 0 Å². The van der Waals surface area contributed by atoms with E-state index in [-0.39, 0.29) is 0 Å². The Morgan fingerprint density at radius 1 is 1.05 bits per heavy atom. The highest BCUT2D eigenvalue weighted by Gasteiger charge is 2.22. The molecular weight excluding hydrogens is 264 g/mol. The van der Waals surface area contributed by atoms with E-state index in [9.17, 15) is 0 Å². The summed E-state index contributed by atoms with van der Waals surface area (Å²) >= 11 is 0. The van der Waals surface area contributed by atoms with E-state index in [2.05, 4.69) is 9.80 Å². The van der Waals surface area contributed by atoms with Crippen molar-refractivity contribution in [2.24, 2.45) is 5.92 Å². The molecule has 0 saturated carbocycles. The van der Waals surface area contributed by atoms with E-state index in [0.717, 1.165) is 51.1 Å². The van der Waals surface area contributed by atoms with E-state index in [0.29, 0.717) is 0 Å². The Labute approximate surface area is 127 Å². The van der Waals surface area contributed by atoms with Crippen LogP contribution in [0.3, 0.4) is 0 Å². The summed E-state index contributed by atoms with van der Waals surface area (Å²) in [5, 5.41) is 0. The molecule has 116 valence electrons. The molecule has 1 aromatic carbocycles. The Hall–Kier alpha value is -1.10. The van der Waals surface area contributed by atoms with Gasteiger partial charge in [-0.1, -0.05) is 18.2 Å². The lowest BCUT2D eigenvalue weighted by atomic mass is 10.1. The molecule has 0 spiro atoms. The van der Waals surface area contributed by atoms with Gasteiger partial charge in [0.25, 0.3) is 0 Å². The predicted octanol–water partition coefficient (Wildman–Crippen LogP) is 1.72. The second-order valence-electron chi connectivity index (χ2n) is 6.03. The van der Waals surface area contributed by atoms with Crippen LogP contribution in [0.4, 0.5) is 0 Å². The van der Waals surface area contributed by atoms with Crippen molar-refractivity contribution in [3.05, 3.63) is 30.3 Å². The van der Waals surface area contributed by atoms with Crippen molar-refractivity contribution in [2.45, 2.75) is 6.42 Å². The third kappa shape index (κ3) is 4.70. The number of hydrogen-bond acceptors (Lipinski definition) is 4. The third-order valence-electron chi connectivity index (χ3n) is 4.42. The summed E-state index contributed by atoms with van der Waals surface area (Å²) < 4.78 is 11.2. The molecule has 0 aliphatic carbocycles. The van der Waals surface area contributed by atoms with Crippen LogP contribution >= 0.6 is 0 Å². The second-order valence-corrected chi connectivity index (χ2v) is 6.03. The highest BCUT2D eigenvalue weighted by molar-refractivity contribution is 5.20. The molecule has 0 aromatic heterocycles. The fraction of sp³-hybridized carbons (Fsp3) is 0.647. The summed E-state index contributed by atoms with van der Waals surface area (Å²) in [4.78, 5) is 5.10. The summed E-state index contributed by atoms with van der Waals surface area (Å²) in [6, 6.07) is 10.1. The number of rotatable bonds is 6. The second kappa shape index (κ2) is 7.78. The maximum absolute atomic E-state index is 5.77. The van der Waals surface area contributed by atoms with Crippen LogP contribution in [0.25, 0.3) is 0 Å². The van der Waals surface area contributed by atoms with Crippen LogP contribution in [-0.4, -0.2) is 68.9 Å². The van der Waals surface area contributed by atoms with E-state index >= 15 is 0 Å². The Balaban J connectivity index is 1.30. The first-order valence-corrected chi connectivity index (χ1v) is 8.10. The highest BCUT2D eigenvalue weighted by Crippen LogP contribution is 2.15. The van der Waals surface area contributed by atoms with Crippen LogP contribution < -0.4 is 4.74 Å². The van der Waals surface area contributed by atoms with Crippen molar-refractivity contribution in [3.8, 4) is 5.75 Å². The number of nitrogens with zero attached hydrogens (tertiary/aromatic N) is 2. The zero-order valence-electron chi connectivity index (χ0n) is 12.7. The molecule has 21 heavy (non-hydrogen) atoms. The van der Waals surface area contributed by atoms with Crippen LogP contribution in [0.5, 0.6) is 5.75 Å². The molecule has 0 unspecified atom stereocenters. The van der Waals surface area contributed by atoms with Gasteiger partial charge < -0.3 is 14.4 Å². The first-order valence-electron chi connectivity index (χ1n) is 8.10. The molecule has 4 nitrogen and oxygen atoms in total. The molecule has 0 N–H and O–H groups in total. The molecule has 2 fully saturated rings. The summed E-state index contributed by atoms with van der Waals surface area (Å²) in [7, 11) is 0. The summed E-state index contributed by atoms with van der Waals surface area (Å²) in [5.41, 5.74) is 0. The molecule has 3 rings (SSSR count). The van der Waals surface area contributed by atoms with Gasteiger partial charge in [-0.25, -0.2) is 0 Å². The van der Waals surface area contributed by atoms with Gasteiger partial charge >= 0.3 is 0 Å². The van der Waals surface area contributed by atoms with Crippen molar-refractivity contribution in [2.75, 3.05) is 59.1 Å². The molecule has 4 heteroatoms. The number of ether oxygens (including phenoxy) is 2. The minimum Gasteiger partial charge on any atom is -0.492 e. The normalized spacial score (nSPS) is 24.3. The topological polar surface area (TPSA) is 24.9 Å². The summed E-state index contributed by atoms with van der Waals surface area (Å²) in [5.74, 6) is 1.73. The van der Waals surface area contributed by atoms with Crippen LogP contribution in [0, 0.1) is 5.92 Å². The van der Waals surface area contributed by atoms with E-state index < -0.39 is 0 Å². The first kappa shape index (κ1) is 14.8. The van der Waals surface area contributed by atoms with E-state index in [4.69, 9.17) is 9.47 Å². The van der Waals surface area contributed by atoms with Crippen LogP contribution in [0.2, 0.25) is 0 Å². The Morgan fingerprint density at radius 3 is 2.52 bits per heavy atom. The molecule has 1 atom stereocenters. The molecule has 2 aliphatic heterocycles. The van der Waals surface area contributed by atoms with Crippen molar-refractivity contribution in [1.82, 2.24) is 9.80 Å². The number of benzene rings is 1. The molecule has 0 radical (unpaired) electrons. The average molecular weight is 290 g/mol. The Kier molecular flexibility index (Phi) is 5.49. The maximum atomic E-state index is 5.77. The van der Waals surface area contributed by atoms with Gasteiger partial charge in [0.2, 0.25) is 0 Å². The van der Waals surface area contributed by atoms with Gasteiger partial charge in [0.1, 0.15) is 12.4 Å². The van der Waals surface area contributed by atoms with Gasteiger partial charge in [-0.3, -0.25) is 4.90 Å². The standard InChI is InChI=1S/C17H26N2O2/c1-2-4-17(5-3-1)21-13-11-18-7-9-19(10-8-18)14-16-6-12-20-15-16/h1-5,16H,6-15H2/t16-/m1/s1. The first-order chi connectivity index (χ1) is 10.4. The molecule has 0 amide bonds. The Morgan fingerprint density at radius 2 is 1.81 bits per heavy atom. The van der Waals surface area contributed by atoms with Gasteiger partial charge in [0.15, 0.2) is 0 Å². The Bertz CT molecular complexity index is 399. The minimum absolute atomic E-state index is 0.762. The maximum Gasteiger partial charge on any atom is 0.119 e. The van der Waals surface area contributed by atoms with Crippen molar-refractivity contribution in [3.63, 3.8) is 0 Å². The molecule has 0 bridgehead atoms. The van der Waals surface area contributed by atoms with Crippen LogP contribution in [-0.2, 0) is 4.74 Å². The van der Waals surface area contributed by atoms with Crippen LogP contribution in [0.1, 0.15) is 6.42 Å². The number of piperazine rings is 1. The zero-order valence-corrected chi connectivity index (χ0v) is 12.7. The molecular formula is C17H26N2O2.